The Labute approximate surface area is 186 Å². The summed E-state index contributed by atoms with van der Waals surface area (Å²) in [5, 5.41) is 3.91. The molecule has 0 spiro atoms. The summed E-state index contributed by atoms with van der Waals surface area (Å²) in [5.41, 5.74) is 2.67. The molecule has 7 heteroatoms. The molecule has 2 aromatic carbocycles. The number of halogens is 2. The summed E-state index contributed by atoms with van der Waals surface area (Å²) in [7, 11) is 0. The van der Waals surface area contributed by atoms with E-state index in [0.29, 0.717) is 48.7 Å². The van der Waals surface area contributed by atoms with E-state index < -0.39 is 6.04 Å². The lowest BCUT2D eigenvalue weighted by atomic mass is 9.89. The van der Waals surface area contributed by atoms with Crippen molar-refractivity contribution in [3.8, 4) is 0 Å². The lowest BCUT2D eigenvalue weighted by molar-refractivity contribution is -0.143. The largest absolute Gasteiger partial charge is 0.381 e. The number of hydrogen-bond acceptors (Lipinski definition) is 3. The van der Waals surface area contributed by atoms with Crippen molar-refractivity contribution >= 4 is 35.0 Å². The van der Waals surface area contributed by atoms with Gasteiger partial charge in [-0.1, -0.05) is 53.5 Å². The molecule has 30 heavy (non-hydrogen) atoms. The predicted octanol–water partition coefficient (Wildman–Crippen LogP) is 4.16. The van der Waals surface area contributed by atoms with Gasteiger partial charge in [0.2, 0.25) is 11.8 Å². The summed E-state index contributed by atoms with van der Waals surface area (Å²) < 4.78 is 5.45. The quantitative estimate of drug-likeness (QED) is 0.749. The van der Waals surface area contributed by atoms with Gasteiger partial charge < -0.3 is 15.0 Å². The van der Waals surface area contributed by atoms with Crippen molar-refractivity contribution in [3.05, 3.63) is 69.2 Å². The fourth-order valence-corrected chi connectivity index (χ4v) is 4.49. The van der Waals surface area contributed by atoms with Crippen molar-refractivity contribution in [3.63, 3.8) is 0 Å². The first-order chi connectivity index (χ1) is 14.5. The van der Waals surface area contributed by atoms with Gasteiger partial charge >= 0.3 is 0 Å². The SMILES string of the molecule is O=C(NCc1ccc(Cl)c(Cl)c1)C1c2ccccc2CC(=O)N1CC1CCOCC1. The van der Waals surface area contributed by atoms with E-state index >= 15 is 0 Å². The lowest BCUT2D eigenvalue weighted by Gasteiger charge is -2.39. The second-order valence-electron chi connectivity index (χ2n) is 7.85. The van der Waals surface area contributed by atoms with Gasteiger partial charge in [0.05, 0.1) is 16.5 Å². The number of amides is 2. The van der Waals surface area contributed by atoms with Crippen LogP contribution in [0.1, 0.15) is 35.6 Å². The van der Waals surface area contributed by atoms with Crippen molar-refractivity contribution in [2.45, 2.75) is 31.8 Å². The van der Waals surface area contributed by atoms with Crippen LogP contribution in [0.4, 0.5) is 0 Å². The Morgan fingerprint density at radius 1 is 1.10 bits per heavy atom. The third-order valence-electron chi connectivity index (χ3n) is 5.82. The molecule has 2 aliphatic heterocycles. The summed E-state index contributed by atoms with van der Waals surface area (Å²) >= 11 is 12.1. The highest BCUT2D eigenvalue weighted by molar-refractivity contribution is 6.42. The Morgan fingerprint density at radius 3 is 2.63 bits per heavy atom. The van der Waals surface area contributed by atoms with Crippen molar-refractivity contribution in [2.24, 2.45) is 5.92 Å². The third-order valence-corrected chi connectivity index (χ3v) is 6.56. The van der Waals surface area contributed by atoms with E-state index in [1.807, 2.05) is 30.3 Å². The van der Waals surface area contributed by atoms with E-state index in [1.165, 1.54) is 0 Å². The van der Waals surface area contributed by atoms with Crippen molar-refractivity contribution in [1.29, 1.82) is 0 Å². The topological polar surface area (TPSA) is 58.6 Å². The number of ether oxygens (including phenoxy) is 1. The van der Waals surface area contributed by atoms with Gasteiger partial charge in [0.1, 0.15) is 6.04 Å². The first-order valence-corrected chi connectivity index (χ1v) is 10.9. The normalized spacial score (nSPS) is 19.5. The van der Waals surface area contributed by atoms with Gasteiger partial charge in [-0.15, -0.1) is 0 Å². The molecule has 0 aromatic heterocycles. The molecular formula is C23H24Cl2N2O3. The van der Waals surface area contributed by atoms with E-state index in [2.05, 4.69) is 5.32 Å². The maximum atomic E-state index is 13.3. The average molecular weight is 447 g/mol. The van der Waals surface area contributed by atoms with E-state index in [-0.39, 0.29) is 11.8 Å². The maximum absolute atomic E-state index is 13.3. The second kappa shape index (κ2) is 9.38. The number of carbonyl (C=O) groups excluding carboxylic acids is 2. The van der Waals surface area contributed by atoms with Crippen LogP contribution < -0.4 is 5.32 Å². The highest BCUT2D eigenvalue weighted by atomic mass is 35.5. The molecule has 158 valence electrons. The maximum Gasteiger partial charge on any atom is 0.247 e. The fourth-order valence-electron chi connectivity index (χ4n) is 4.17. The van der Waals surface area contributed by atoms with Crippen LogP contribution in [0, 0.1) is 5.92 Å². The van der Waals surface area contributed by atoms with E-state index in [1.54, 1.807) is 17.0 Å². The Bertz CT molecular complexity index is 944. The zero-order chi connectivity index (χ0) is 21.1. The molecule has 0 saturated carbocycles. The average Bonchev–Trinajstić information content (AvgIpc) is 2.75. The van der Waals surface area contributed by atoms with Crippen LogP contribution in [-0.2, 0) is 27.3 Å². The number of nitrogens with one attached hydrogen (secondary N) is 1. The Balaban J connectivity index is 1.55. The van der Waals surface area contributed by atoms with Gasteiger partial charge in [-0.05, 0) is 47.6 Å². The molecule has 1 atom stereocenters. The molecular weight excluding hydrogens is 423 g/mol. The monoisotopic (exact) mass is 446 g/mol. The summed E-state index contributed by atoms with van der Waals surface area (Å²) in [6.45, 7) is 2.30. The molecule has 4 rings (SSSR count). The Kier molecular flexibility index (Phi) is 6.61. The first-order valence-electron chi connectivity index (χ1n) is 10.2. The number of benzene rings is 2. The van der Waals surface area contributed by atoms with E-state index in [4.69, 9.17) is 27.9 Å². The highest BCUT2D eigenvalue weighted by Gasteiger charge is 2.38. The van der Waals surface area contributed by atoms with Gasteiger partial charge in [-0.2, -0.15) is 0 Å². The van der Waals surface area contributed by atoms with Crippen molar-refractivity contribution < 1.29 is 14.3 Å². The molecule has 2 amide bonds. The van der Waals surface area contributed by atoms with Crippen LogP contribution in [0.15, 0.2) is 42.5 Å². The van der Waals surface area contributed by atoms with Crippen LogP contribution in [0.3, 0.4) is 0 Å². The molecule has 1 unspecified atom stereocenters. The summed E-state index contributed by atoms with van der Waals surface area (Å²) in [6.07, 6.45) is 2.14. The highest BCUT2D eigenvalue weighted by Crippen LogP contribution is 2.33. The van der Waals surface area contributed by atoms with Crippen LogP contribution in [0.5, 0.6) is 0 Å². The van der Waals surface area contributed by atoms with Crippen molar-refractivity contribution in [2.75, 3.05) is 19.8 Å². The van der Waals surface area contributed by atoms with Gasteiger partial charge in [0.15, 0.2) is 0 Å². The summed E-state index contributed by atoms with van der Waals surface area (Å²) in [4.78, 5) is 28.0. The first kappa shape index (κ1) is 21.2. The van der Waals surface area contributed by atoms with Gasteiger partial charge in [-0.3, -0.25) is 9.59 Å². The van der Waals surface area contributed by atoms with E-state index in [0.717, 1.165) is 29.5 Å². The molecule has 2 heterocycles. The zero-order valence-electron chi connectivity index (χ0n) is 16.6. The number of fused-ring (bicyclic) bond motifs is 1. The molecule has 0 aliphatic carbocycles. The molecule has 5 nitrogen and oxygen atoms in total. The molecule has 1 N–H and O–H groups in total. The lowest BCUT2D eigenvalue weighted by Crippen LogP contribution is -2.49. The Hall–Kier alpha value is -2.08. The van der Waals surface area contributed by atoms with Gasteiger partial charge in [0.25, 0.3) is 0 Å². The number of rotatable bonds is 5. The molecule has 0 radical (unpaired) electrons. The minimum atomic E-state index is -0.631. The van der Waals surface area contributed by atoms with Gasteiger partial charge in [0, 0.05) is 26.3 Å². The minimum Gasteiger partial charge on any atom is -0.381 e. The third kappa shape index (κ3) is 4.64. The minimum absolute atomic E-state index is 0.00474. The Morgan fingerprint density at radius 2 is 1.87 bits per heavy atom. The smallest absolute Gasteiger partial charge is 0.247 e. The van der Waals surface area contributed by atoms with Gasteiger partial charge in [-0.25, -0.2) is 0 Å². The van der Waals surface area contributed by atoms with Crippen molar-refractivity contribution in [1.82, 2.24) is 10.2 Å². The van der Waals surface area contributed by atoms with Crippen LogP contribution in [0.25, 0.3) is 0 Å². The number of hydrogen-bond donors (Lipinski definition) is 1. The van der Waals surface area contributed by atoms with Crippen LogP contribution in [-0.4, -0.2) is 36.5 Å². The molecule has 2 aliphatic rings. The second-order valence-corrected chi connectivity index (χ2v) is 8.66. The molecule has 0 bridgehead atoms. The number of carbonyl (C=O) groups is 2. The summed E-state index contributed by atoms with van der Waals surface area (Å²) in [6, 6.07) is 12.3. The van der Waals surface area contributed by atoms with Crippen LogP contribution in [0.2, 0.25) is 10.0 Å². The summed E-state index contributed by atoms with van der Waals surface area (Å²) in [5.74, 6) is 0.154. The van der Waals surface area contributed by atoms with E-state index in [9.17, 15) is 9.59 Å². The molecule has 2 aromatic rings. The number of nitrogens with zero attached hydrogens (tertiary/aromatic N) is 1. The zero-order valence-corrected chi connectivity index (χ0v) is 18.1. The molecule has 1 fully saturated rings. The molecule has 1 saturated heterocycles. The van der Waals surface area contributed by atoms with Crippen LogP contribution >= 0.6 is 23.2 Å². The standard InChI is InChI=1S/C23H24Cl2N2O3/c24-19-6-5-16(11-20(19)25)13-26-23(29)22-18-4-2-1-3-17(18)12-21(28)27(22)14-15-7-9-30-10-8-15/h1-6,11,15,22H,7-10,12-14H2,(H,26,29). The predicted molar refractivity (Wildman–Crippen MR) is 116 cm³/mol. The fraction of sp³-hybridized carbons (Fsp3) is 0.391.